The maximum absolute atomic E-state index is 11.2. The molecule has 76 valence electrons. The first-order valence-corrected chi connectivity index (χ1v) is 6.48. The molecular formula is C7H11ClO4S. The van der Waals surface area contributed by atoms with Crippen molar-refractivity contribution >= 4 is 19.7 Å². The van der Waals surface area contributed by atoms with Gasteiger partial charge in [0.1, 0.15) is 0 Å². The van der Waals surface area contributed by atoms with E-state index in [1.165, 1.54) is 0 Å². The highest BCUT2D eigenvalue weighted by molar-refractivity contribution is 8.15. The zero-order valence-electron chi connectivity index (χ0n) is 6.94. The van der Waals surface area contributed by atoms with Crippen LogP contribution in [0.3, 0.4) is 0 Å². The van der Waals surface area contributed by atoms with Crippen LogP contribution in [0.4, 0.5) is 0 Å². The molecule has 0 bridgehead atoms. The first-order chi connectivity index (χ1) is 5.97. The highest BCUT2D eigenvalue weighted by Crippen LogP contribution is 2.53. The van der Waals surface area contributed by atoms with Gasteiger partial charge in [0.15, 0.2) is 0 Å². The maximum atomic E-state index is 11.2. The molecule has 1 saturated heterocycles. The summed E-state index contributed by atoms with van der Waals surface area (Å²) in [4.78, 5) is 0. The quantitative estimate of drug-likeness (QED) is 0.679. The lowest BCUT2D eigenvalue weighted by molar-refractivity contribution is 0.116. The van der Waals surface area contributed by atoms with Gasteiger partial charge < -0.3 is 9.84 Å². The Bertz CT molecular complexity index is 308. The van der Waals surface area contributed by atoms with Crippen LogP contribution in [0.15, 0.2) is 0 Å². The normalized spacial score (nSPS) is 37.7. The molecule has 0 radical (unpaired) electrons. The summed E-state index contributed by atoms with van der Waals surface area (Å²) >= 11 is 0. The van der Waals surface area contributed by atoms with Gasteiger partial charge in [0.05, 0.1) is 24.1 Å². The van der Waals surface area contributed by atoms with Gasteiger partial charge >= 0.3 is 0 Å². The molecule has 1 aliphatic heterocycles. The van der Waals surface area contributed by atoms with Crippen LogP contribution in [0, 0.1) is 5.92 Å². The molecule has 2 aliphatic rings. The van der Waals surface area contributed by atoms with E-state index in [4.69, 9.17) is 15.4 Å². The van der Waals surface area contributed by atoms with Crippen LogP contribution in [-0.4, -0.2) is 37.6 Å². The summed E-state index contributed by atoms with van der Waals surface area (Å²) in [5, 5.41) is 9.48. The van der Waals surface area contributed by atoms with E-state index in [0.29, 0.717) is 19.4 Å². The van der Waals surface area contributed by atoms with Gasteiger partial charge in [-0.3, -0.25) is 0 Å². The lowest BCUT2D eigenvalue weighted by atomic mass is 10.0. The second-order valence-corrected chi connectivity index (χ2v) is 6.62. The minimum Gasteiger partial charge on any atom is -0.390 e. The standard InChI is InChI=1S/C7H11ClO4S/c8-13(10,11)7(1-2-7)5-3-12-4-6(5)9/h5-6,9H,1-4H2. The van der Waals surface area contributed by atoms with E-state index in [2.05, 4.69) is 0 Å². The van der Waals surface area contributed by atoms with Crippen LogP contribution < -0.4 is 0 Å². The zero-order chi connectivity index (χ0) is 9.69. The van der Waals surface area contributed by atoms with Crippen LogP contribution in [0.2, 0.25) is 0 Å². The number of halogens is 1. The third-order valence-electron chi connectivity index (χ3n) is 2.95. The first-order valence-electron chi connectivity index (χ1n) is 4.17. The Morgan fingerprint density at radius 2 is 2.00 bits per heavy atom. The van der Waals surface area contributed by atoms with Crippen LogP contribution in [0.5, 0.6) is 0 Å². The Morgan fingerprint density at radius 3 is 2.31 bits per heavy atom. The van der Waals surface area contributed by atoms with E-state index in [9.17, 15) is 13.5 Å². The molecule has 1 N–H and O–H groups in total. The molecule has 0 aromatic carbocycles. The number of ether oxygens (including phenoxy) is 1. The molecule has 1 saturated carbocycles. The third kappa shape index (κ3) is 1.38. The van der Waals surface area contributed by atoms with E-state index in [-0.39, 0.29) is 12.5 Å². The minimum atomic E-state index is -3.58. The lowest BCUT2D eigenvalue weighted by Crippen LogP contribution is -2.36. The molecule has 2 atom stereocenters. The number of hydrogen-bond donors (Lipinski definition) is 1. The molecule has 2 fully saturated rings. The van der Waals surface area contributed by atoms with E-state index in [1.54, 1.807) is 0 Å². The van der Waals surface area contributed by atoms with E-state index < -0.39 is 19.9 Å². The van der Waals surface area contributed by atoms with Crippen molar-refractivity contribution in [1.82, 2.24) is 0 Å². The molecule has 0 aromatic rings. The molecule has 4 nitrogen and oxygen atoms in total. The number of rotatable bonds is 2. The summed E-state index contributed by atoms with van der Waals surface area (Å²) in [7, 11) is 1.76. The van der Waals surface area contributed by atoms with Crippen molar-refractivity contribution in [3.05, 3.63) is 0 Å². The molecule has 1 heterocycles. The summed E-state index contributed by atoms with van der Waals surface area (Å²) in [6.45, 7) is 0.520. The van der Waals surface area contributed by atoms with Crippen LogP contribution in [0.1, 0.15) is 12.8 Å². The van der Waals surface area contributed by atoms with Gasteiger partial charge in [0.2, 0.25) is 9.05 Å². The summed E-state index contributed by atoms with van der Waals surface area (Å²) < 4.78 is 26.6. The van der Waals surface area contributed by atoms with Crippen molar-refractivity contribution in [3.63, 3.8) is 0 Å². The van der Waals surface area contributed by atoms with Crippen LogP contribution in [0.25, 0.3) is 0 Å². The molecule has 0 amide bonds. The van der Waals surface area contributed by atoms with Crippen molar-refractivity contribution < 1.29 is 18.3 Å². The Kier molecular flexibility index (Phi) is 2.11. The second kappa shape index (κ2) is 2.82. The molecule has 0 spiro atoms. The van der Waals surface area contributed by atoms with E-state index >= 15 is 0 Å². The van der Waals surface area contributed by atoms with Crippen molar-refractivity contribution in [3.8, 4) is 0 Å². The monoisotopic (exact) mass is 226 g/mol. The van der Waals surface area contributed by atoms with Gasteiger partial charge in [-0.2, -0.15) is 0 Å². The molecule has 13 heavy (non-hydrogen) atoms. The average Bonchev–Trinajstić information content (AvgIpc) is 2.70. The molecule has 2 unspecified atom stereocenters. The van der Waals surface area contributed by atoms with Gasteiger partial charge in [0.25, 0.3) is 0 Å². The van der Waals surface area contributed by atoms with E-state index in [0.717, 1.165) is 0 Å². The molecule has 2 rings (SSSR count). The molecule has 1 aliphatic carbocycles. The number of hydrogen-bond acceptors (Lipinski definition) is 4. The maximum Gasteiger partial charge on any atom is 0.238 e. The fourth-order valence-corrected chi connectivity index (χ4v) is 3.95. The van der Waals surface area contributed by atoms with Gasteiger partial charge in [-0.1, -0.05) is 0 Å². The van der Waals surface area contributed by atoms with Crippen molar-refractivity contribution in [1.29, 1.82) is 0 Å². The van der Waals surface area contributed by atoms with Gasteiger partial charge in [-0.25, -0.2) is 8.42 Å². The fourth-order valence-electron chi connectivity index (χ4n) is 1.96. The fraction of sp³-hybridized carbons (Fsp3) is 1.00. The molecule has 6 heteroatoms. The Balaban J connectivity index is 2.25. The third-order valence-corrected chi connectivity index (χ3v) is 5.56. The lowest BCUT2D eigenvalue weighted by Gasteiger charge is -2.20. The van der Waals surface area contributed by atoms with Crippen LogP contribution >= 0.6 is 10.7 Å². The number of aliphatic hydroxyl groups excluding tert-OH is 1. The molecule has 0 aromatic heterocycles. The SMILES string of the molecule is O=S(=O)(Cl)C1(C2COCC2O)CC1. The highest BCUT2D eigenvalue weighted by atomic mass is 35.7. The highest BCUT2D eigenvalue weighted by Gasteiger charge is 2.62. The smallest absolute Gasteiger partial charge is 0.238 e. The summed E-state index contributed by atoms with van der Waals surface area (Å²) in [6, 6.07) is 0. The second-order valence-electron chi connectivity index (χ2n) is 3.71. The van der Waals surface area contributed by atoms with Crippen LogP contribution in [-0.2, 0) is 13.8 Å². The van der Waals surface area contributed by atoms with Crippen molar-refractivity contribution in [2.75, 3.05) is 13.2 Å². The van der Waals surface area contributed by atoms with E-state index in [1.807, 2.05) is 0 Å². The van der Waals surface area contributed by atoms with Gasteiger partial charge in [-0.15, -0.1) is 0 Å². The predicted molar refractivity (Wildman–Crippen MR) is 47.1 cm³/mol. The minimum absolute atomic E-state index is 0.221. The topological polar surface area (TPSA) is 63.6 Å². The van der Waals surface area contributed by atoms with Gasteiger partial charge in [-0.05, 0) is 12.8 Å². The number of aliphatic hydroxyl groups is 1. The summed E-state index contributed by atoms with van der Waals surface area (Å²) in [6.07, 6.45) is 0.407. The van der Waals surface area contributed by atoms with Crippen molar-refractivity contribution in [2.24, 2.45) is 5.92 Å². The molecular weight excluding hydrogens is 216 g/mol. The van der Waals surface area contributed by atoms with Crippen molar-refractivity contribution in [2.45, 2.75) is 23.7 Å². The first kappa shape index (κ1) is 9.71. The zero-order valence-corrected chi connectivity index (χ0v) is 8.51. The van der Waals surface area contributed by atoms with Gasteiger partial charge in [0, 0.05) is 16.6 Å². The summed E-state index contributed by atoms with van der Waals surface area (Å²) in [5.41, 5.74) is 0. The Morgan fingerprint density at radius 1 is 1.38 bits per heavy atom. The Hall–Kier alpha value is 0.160. The average molecular weight is 227 g/mol. The Labute approximate surface area is 81.3 Å². The largest absolute Gasteiger partial charge is 0.390 e. The predicted octanol–water partition coefficient (Wildman–Crippen LogP) is 0.0949. The summed E-state index contributed by atoms with van der Waals surface area (Å²) in [5.74, 6) is -0.338.